The molecule has 2 heterocycles. The minimum absolute atomic E-state index is 0.0168. The van der Waals surface area contributed by atoms with Crippen molar-refractivity contribution in [2.24, 2.45) is 0 Å². The smallest absolute Gasteiger partial charge is 0.220 e. The molecule has 0 bridgehead atoms. The average Bonchev–Trinajstić information content (AvgIpc) is 2.85. The number of sulfone groups is 1. The van der Waals surface area contributed by atoms with Crippen molar-refractivity contribution in [3.8, 4) is 11.5 Å². The van der Waals surface area contributed by atoms with Crippen molar-refractivity contribution in [2.45, 2.75) is 31.7 Å². The molecule has 8 heteroatoms. The Kier molecular flexibility index (Phi) is 4.73. The van der Waals surface area contributed by atoms with E-state index in [1.54, 1.807) is 25.1 Å². The highest BCUT2D eigenvalue weighted by Gasteiger charge is 2.39. The highest BCUT2D eigenvalue weighted by molar-refractivity contribution is 7.91. The van der Waals surface area contributed by atoms with Crippen molar-refractivity contribution in [3.05, 3.63) is 23.8 Å². The van der Waals surface area contributed by atoms with Crippen molar-refractivity contribution in [1.29, 1.82) is 0 Å². The van der Waals surface area contributed by atoms with Crippen LogP contribution in [0.2, 0.25) is 0 Å². The number of nitrogens with one attached hydrogen (secondary N) is 1. The van der Waals surface area contributed by atoms with Gasteiger partial charge in [-0.25, -0.2) is 8.42 Å². The van der Waals surface area contributed by atoms with Gasteiger partial charge < -0.3 is 14.8 Å². The second-order valence-electron chi connectivity index (χ2n) is 6.73. The first-order valence-electron chi connectivity index (χ1n) is 8.21. The van der Waals surface area contributed by atoms with Crippen molar-refractivity contribution >= 4 is 21.5 Å². The molecule has 2 aliphatic rings. The fraction of sp³-hybridized carbons (Fsp3) is 0.529. The van der Waals surface area contributed by atoms with Crippen LogP contribution in [0.15, 0.2) is 18.2 Å². The summed E-state index contributed by atoms with van der Waals surface area (Å²) in [5.74, 6) is 0.685. The average molecular weight is 367 g/mol. The first-order chi connectivity index (χ1) is 11.8. The number of fused-ring (bicyclic) bond motifs is 1. The monoisotopic (exact) mass is 367 g/mol. The summed E-state index contributed by atoms with van der Waals surface area (Å²) < 4.78 is 34.0. The van der Waals surface area contributed by atoms with Crippen LogP contribution in [0, 0.1) is 0 Å². The summed E-state index contributed by atoms with van der Waals surface area (Å²) in [5, 5.41) is 2.75. The van der Waals surface area contributed by atoms with Crippen LogP contribution in [-0.2, 0) is 14.6 Å². The van der Waals surface area contributed by atoms with Crippen LogP contribution < -0.4 is 14.8 Å². The zero-order valence-electron chi connectivity index (χ0n) is 14.0. The Balaban J connectivity index is 1.54. The number of benzene rings is 1. The molecule has 0 saturated carbocycles. The van der Waals surface area contributed by atoms with Gasteiger partial charge in [0.2, 0.25) is 5.91 Å². The second-order valence-corrected chi connectivity index (χ2v) is 8.92. The third-order valence-corrected chi connectivity index (χ3v) is 6.29. The fourth-order valence-corrected chi connectivity index (χ4v) is 5.19. The molecule has 1 N–H and O–H groups in total. The Labute approximate surface area is 146 Å². The molecular weight excluding hydrogens is 346 g/mol. The number of hydrogen-bond acceptors (Lipinski definition) is 6. The van der Waals surface area contributed by atoms with Crippen LogP contribution in [-0.4, -0.2) is 50.4 Å². The maximum Gasteiger partial charge on any atom is 0.220 e. The first-order valence-corrected chi connectivity index (χ1v) is 10.0. The SMILES string of the molecule is CC1(NC(=O)CCC(=O)c2ccc3c(c2)OCCO3)CCS(=O)(=O)C1. The Bertz CT molecular complexity index is 803. The van der Waals surface area contributed by atoms with E-state index in [1.165, 1.54) is 0 Å². The van der Waals surface area contributed by atoms with Gasteiger partial charge in [-0.1, -0.05) is 0 Å². The van der Waals surface area contributed by atoms with Crippen molar-refractivity contribution in [1.82, 2.24) is 5.32 Å². The number of amides is 1. The molecule has 2 aliphatic heterocycles. The van der Waals surface area contributed by atoms with Crippen molar-refractivity contribution < 1.29 is 27.5 Å². The van der Waals surface area contributed by atoms with Gasteiger partial charge in [-0.3, -0.25) is 9.59 Å². The lowest BCUT2D eigenvalue weighted by Gasteiger charge is -2.23. The van der Waals surface area contributed by atoms with Crippen molar-refractivity contribution in [2.75, 3.05) is 24.7 Å². The quantitative estimate of drug-likeness (QED) is 0.783. The number of carbonyl (C=O) groups excluding carboxylic acids is 2. The van der Waals surface area contributed by atoms with Crippen LogP contribution in [0.3, 0.4) is 0 Å². The van der Waals surface area contributed by atoms with E-state index in [0.717, 1.165) is 0 Å². The third-order valence-electron chi connectivity index (χ3n) is 4.39. The number of rotatable bonds is 5. The first kappa shape index (κ1) is 17.7. The molecule has 25 heavy (non-hydrogen) atoms. The van der Waals surface area contributed by atoms with Crippen LogP contribution in [0.1, 0.15) is 36.5 Å². The van der Waals surface area contributed by atoms with Gasteiger partial charge in [-0.2, -0.15) is 0 Å². The van der Waals surface area contributed by atoms with Gasteiger partial charge in [-0.15, -0.1) is 0 Å². The molecule has 136 valence electrons. The van der Waals surface area contributed by atoms with Gasteiger partial charge >= 0.3 is 0 Å². The summed E-state index contributed by atoms with van der Waals surface area (Å²) in [5.41, 5.74) is -0.276. The molecule has 1 unspecified atom stereocenters. The zero-order valence-corrected chi connectivity index (χ0v) is 14.9. The lowest BCUT2D eigenvalue weighted by Crippen LogP contribution is -2.46. The van der Waals surface area contributed by atoms with E-state index >= 15 is 0 Å². The Morgan fingerprint density at radius 1 is 1.16 bits per heavy atom. The molecule has 1 atom stereocenters. The topological polar surface area (TPSA) is 98.8 Å². The predicted octanol–water partition coefficient (Wildman–Crippen LogP) is 1.11. The van der Waals surface area contributed by atoms with E-state index in [-0.39, 0.29) is 36.0 Å². The maximum atomic E-state index is 12.3. The standard InChI is InChI=1S/C17H21NO6S/c1-17(6-9-25(21,22)11-17)18-16(20)5-3-13(19)12-2-4-14-15(10-12)24-8-7-23-14/h2,4,10H,3,5-9,11H2,1H3,(H,18,20). The molecule has 1 aromatic rings. The summed E-state index contributed by atoms with van der Waals surface area (Å²) >= 11 is 0. The van der Waals surface area contributed by atoms with Crippen LogP contribution >= 0.6 is 0 Å². The lowest BCUT2D eigenvalue weighted by molar-refractivity contribution is -0.122. The molecule has 3 rings (SSSR count). The largest absolute Gasteiger partial charge is 0.486 e. The molecule has 0 spiro atoms. The van der Waals surface area contributed by atoms with Gasteiger partial charge in [-0.05, 0) is 31.5 Å². The second kappa shape index (κ2) is 6.67. The highest BCUT2D eigenvalue weighted by atomic mass is 32.2. The van der Waals surface area contributed by atoms with Gasteiger partial charge in [0, 0.05) is 18.4 Å². The Morgan fingerprint density at radius 3 is 2.56 bits per heavy atom. The minimum atomic E-state index is -3.09. The molecule has 0 aromatic heterocycles. The van der Waals surface area contributed by atoms with Crippen LogP contribution in [0.5, 0.6) is 11.5 Å². The number of ether oxygens (including phenoxy) is 2. The van der Waals surface area contributed by atoms with Gasteiger partial charge in [0.15, 0.2) is 27.1 Å². The van der Waals surface area contributed by atoms with E-state index in [2.05, 4.69) is 5.32 Å². The van der Waals surface area contributed by atoms with Gasteiger partial charge in [0.25, 0.3) is 0 Å². The molecule has 1 aromatic carbocycles. The molecule has 1 saturated heterocycles. The molecule has 1 amide bonds. The molecular formula is C17H21NO6S. The van der Waals surface area contributed by atoms with E-state index in [0.29, 0.717) is 36.7 Å². The predicted molar refractivity (Wildman–Crippen MR) is 90.8 cm³/mol. The summed E-state index contributed by atoms with van der Waals surface area (Å²) in [7, 11) is -3.09. The highest BCUT2D eigenvalue weighted by Crippen LogP contribution is 2.31. The van der Waals surface area contributed by atoms with E-state index in [4.69, 9.17) is 9.47 Å². The van der Waals surface area contributed by atoms with E-state index in [1.807, 2.05) is 0 Å². The summed E-state index contributed by atoms with van der Waals surface area (Å²) in [6.45, 7) is 2.64. The maximum absolute atomic E-state index is 12.3. The third kappa shape index (κ3) is 4.31. The molecule has 0 radical (unpaired) electrons. The number of ketones is 1. The Morgan fingerprint density at radius 2 is 1.88 bits per heavy atom. The summed E-state index contributed by atoms with van der Waals surface area (Å²) in [6.07, 6.45) is 0.467. The summed E-state index contributed by atoms with van der Waals surface area (Å²) in [4.78, 5) is 24.4. The van der Waals surface area contributed by atoms with Crippen molar-refractivity contribution in [3.63, 3.8) is 0 Å². The number of hydrogen-bond donors (Lipinski definition) is 1. The fourth-order valence-electron chi connectivity index (χ4n) is 3.10. The molecule has 7 nitrogen and oxygen atoms in total. The molecule has 1 fully saturated rings. The van der Waals surface area contributed by atoms with Gasteiger partial charge in [0.05, 0.1) is 17.0 Å². The number of Topliss-reactive ketones (excluding diaryl/α,β-unsaturated/α-hetero) is 1. The molecule has 0 aliphatic carbocycles. The normalized spacial score (nSPS) is 23.9. The zero-order chi connectivity index (χ0) is 18.1. The minimum Gasteiger partial charge on any atom is -0.486 e. The lowest BCUT2D eigenvalue weighted by atomic mass is 10.0. The van der Waals surface area contributed by atoms with Crippen LogP contribution in [0.25, 0.3) is 0 Å². The number of carbonyl (C=O) groups is 2. The summed E-state index contributed by atoms with van der Waals surface area (Å²) in [6, 6.07) is 4.96. The van der Waals surface area contributed by atoms with Crippen LogP contribution in [0.4, 0.5) is 0 Å². The van der Waals surface area contributed by atoms with E-state index in [9.17, 15) is 18.0 Å². The van der Waals surface area contributed by atoms with Gasteiger partial charge in [0.1, 0.15) is 13.2 Å². The van der Waals surface area contributed by atoms with E-state index < -0.39 is 15.4 Å². The Hall–Kier alpha value is -2.09.